The number of amides is 1. The van der Waals surface area contributed by atoms with Crippen LogP contribution in [0.2, 0.25) is 0 Å². The number of rotatable bonds is 15. The van der Waals surface area contributed by atoms with Gasteiger partial charge in [0.1, 0.15) is 28.9 Å². The maximum absolute atomic E-state index is 18.2. The van der Waals surface area contributed by atoms with E-state index in [2.05, 4.69) is 20.3 Å². The lowest BCUT2D eigenvalue weighted by Gasteiger charge is -2.40. The molecule has 1 aliphatic rings. The Hall–Kier alpha value is -6.85. The van der Waals surface area contributed by atoms with Gasteiger partial charge in [-0.25, -0.2) is 14.4 Å². The van der Waals surface area contributed by atoms with Crippen LogP contribution < -0.4 is 5.32 Å². The topological polar surface area (TPSA) is 100 Å². The number of carbonyl (C=O) groups is 1. The number of fused-ring (bicyclic) bond motifs is 1. The van der Waals surface area contributed by atoms with Crippen molar-refractivity contribution in [3.05, 3.63) is 228 Å². The lowest BCUT2D eigenvalue weighted by molar-refractivity contribution is -0.128. The molecule has 3 heterocycles. The Bertz CT molecular complexity index is 2500. The molecular weight excluding hydrogens is 778 g/mol. The number of alkyl halides is 1. The van der Waals surface area contributed by atoms with E-state index in [1.54, 1.807) is 4.57 Å². The number of hydrogen-bond donors (Lipinski definition) is 1. The third-order valence-electron chi connectivity index (χ3n) is 11.4. The van der Waals surface area contributed by atoms with Crippen LogP contribution in [-0.2, 0) is 30.2 Å². The number of ether oxygens (including phenoxy) is 3. The number of nitrogens with one attached hydrogen (secondary N) is 1. The molecule has 9 nitrogen and oxygen atoms in total. The smallest absolute Gasteiger partial charge is 0.231 e. The van der Waals surface area contributed by atoms with Crippen molar-refractivity contribution in [3.63, 3.8) is 0 Å². The summed E-state index contributed by atoms with van der Waals surface area (Å²) in [4.78, 5) is 26.1. The molecule has 1 amide bonds. The summed E-state index contributed by atoms with van der Waals surface area (Å²) < 4.78 is 41.5. The molecule has 2 aromatic heterocycles. The first-order valence-corrected chi connectivity index (χ1v) is 20.9. The lowest BCUT2D eigenvalue weighted by Crippen LogP contribution is -2.45. The average molecular weight is 824 g/mol. The molecule has 10 heteroatoms. The molecule has 0 saturated carbocycles. The van der Waals surface area contributed by atoms with Crippen LogP contribution in [-0.4, -0.2) is 50.4 Å². The van der Waals surface area contributed by atoms with E-state index in [0.29, 0.717) is 24.0 Å². The minimum Gasteiger partial charge on any atom is -0.358 e. The first-order chi connectivity index (χ1) is 30.5. The summed E-state index contributed by atoms with van der Waals surface area (Å²) in [5, 5.41) is 2.76. The third-order valence-corrected chi connectivity index (χ3v) is 11.4. The largest absolute Gasteiger partial charge is 0.358 e. The number of carbonyl (C=O) groups excluding carboxylic acids is 1. The van der Waals surface area contributed by atoms with Gasteiger partial charge in [-0.3, -0.25) is 14.7 Å². The van der Waals surface area contributed by atoms with E-state index in [-0.39, 0.29) is 18.5 Å². The fraction of sp³-hybridized carbons (Fsp3) is 0.192. The van der Waals surface area contributed by atoms with Crippen molar-refractivity contribution in [1.82, 2.24) is 19.5 Å². The predicted octanol–water partition coefficient (Wildman–Crippen LogP) is 10.2. The monoisotopic (exact) mass is 823 g/mol. The highest BCUT2D eigenvalue weighted by Crippen LogP contribution is 2.47. The maximum Gasteiger partial charge on any atom is 0.231 e. The highest BCUT2D eigenvalue weighted by atomic mass is 19.1. The highest BCUT2D eigenvalue weighted by Gasteiger charge is 2.53. The summed E-state index contributed by atoms with van der Waals surface area (Å²) >= 11 is 0. The van der Waals surface area contributed by atoms with E-state index < -0.39 is 35.8 Å². The Morgan fingerprint density at radius 2 is 1.10 bits per heavy atom. The number of imidazole rings is 1. The Morgan fingerprint density at radius 1 is 0.661 bits per heavy atom. The summed E-state index contributed by atoms with van der Waals surface area (Å²) in [6.45, 7) is 1.83. The molecule has 1 saturated heterocycles. The van der Waals surface area contributed by atoms with Gasteiger partial charge in [-0.1, -0.05) is 189 Å². The average Bonchev–Trinajstić information content (AvgIpc) is 3.89. The number of nitrogens with zero attached hydrogens (tertiary/aromatic N) is 4. The van der Waals surface area contributed by atoms with Crippen molar-refractivity contribution in [1.29, 1.82) is 0 Å². The van der Waals surface area contributed by atoms with E-state index >= 15 is 4.39 Å². The van der Waals surface area contributed by atoms with Gasteiger partial charge in [-0.15, -0.1) is 0 Å². The van der Waals surface area contributed by atoms with Crippen molar-refractivity contribution in [2.75, 3.05) is 11.9 Å². The van der Waals surface area contributed by atoms with Crippen LogP contribution in [0.4, 0.5) is 10.3 Å². The molecule has 4 atom stereocenters. The molecular formula is C52H46FN5O4. The first kappa shape index (κ1) is 40.6. The minimum absolute atomic E-state index is 0.0886. The van der Waals surface area contributed by atoms with Crippen LogP contribution in [0.15, 0.2) is 195 Å². The van der Waals surface area contributed by atoms with Crippen LogP contribution in [0.3, 0.4) is 0 Å². The molecule has 62 heavy (non-hydrogen) atoms. The number of aromatic nitrogens is 4. The van der Waals surface area contributed by atoms with Gasteiger partial charge in [0.05, 0.1) is 19.1 Å². The normalized spacial score (nSPS) is 17.8. The Balaban J connectivity index is 1.20. The molecule has 0 unspecified atom stereocenters. The van der Waals surface area contributed by atoms with Gasteiger partial charge in [0.15, 0.2) is 18.0 Å². The third kappa shape index (κ3) is 7.68. The zero-order valence-corrected chi connectivity index (χ0v) is 34.2. The van der Waals surface area contributed by atoms with Crippen molar-refractivity contribution in [2.24, 2.45) is 0 Å². The van der Waals surface area contributed by atoms with Gasteiger partial charge in [-0.2, -0.15) is 4.98 Å². The molecule has 1 N–H and O–H groups in total. The second-order valence-electron chi connectivity index (χ2n) is 15.3. The first-order valence-electron chi connectivity index (χ1n) is 20.9. The standard InChI is InChI=1S/C52H46FN5O4/c1-2-21-45(59)56-50-54-34-43-48(57-50)58(36-55-43)49-46(53)47(62-52(40-28-15-6-16-29-40,41-30-17-7-18-31-41)42-32-19-8-20-33-42)44(61-49)35-60-51(37-22-9-3-10-23-37,38-24-11-4-12-25-38)39-26-13-5-14-27-39/h3-20,22-34,36,44,46-47,49H,2,21,35H2,1H3,(H,54,56,57,59)/t44-,46-,47-,49-/m1/s1. The number of benzene rings is 6. The summed E-state index contributed by atoms with van der Waals surface area (Å²) in [6.07, 6.45) is -1.26. The Kier molecular flexibility index (Phi) is 11.8. The fourth-order valence-electron chi connectivity index (χ4n) is 8.58. The highest BCUT2D eigenvalue weighted by molar-refractivity contribution is 5.89. The van der Waals surface area contributed by atoms with Gasteiger partial charge < -0.3 is 14.2 Å². The van der Waals surface area contributed by atoms with Crippen LogP contribution in [0.1, 0.15) is 59.4 Å². The zero-order chi connectivity index (χ0) is 42.4. The van der Waals surface area contributed by atoms with Gasteiger partial charge in [0.2, 0.25) is 11.9 Å². The van der Waals surface area contributed by atoms with Crippen molar-refractivity contribution in [3.8, 4) is 0 Å². The lowest BCUT2D eigenvalue weighted by atomic mass is 9.79. The van der Waals surface area contributed by atoms with E-state index in [1.807, 2.05) is 189 Å². The molecule has 0 radical (unpaired) electrons. The Morgan fingerprint density at radius 3 is 1.53 bits per heavy atom. The van der Waals surface area contributed by atoms with E-state index in [9.17, 15) is 4.79 Å². The molecule has 6 aromatic carbocycles. The van der Waals surface area contributed by atoms with Gasteiger partial charge >= 0.3 is 0 Å². The maximum atomic E-state index is 18.2. The second kappa shape index (κ2) is 18.0. The molecule has 8 aromatic rings. The predicted molar refractivity (Wildman–Crippen MR) is 237 cm³/mol. The molecule has 9 rings (SSSR count). The number of halogens is 1. The van der Waals surface area contributed by atoms with Crippen molar-refractivity contribution >= 4 is 23.0 Å². The van der Waals surface area contributed by atoms with Crippen LogP contribution in [0.5, 0.6) is 0 Å². The van der Waals surface area contributed by atoms with Crippen LogP contribution >= 0.6 is 0 Å². The summed E-state index contributed by atoms with van der Waals surface area (Å²) in [5.41, 5.74) is 3.41. The van der Waals surface area contributed by atoms with Crippen LogP contribution in [0, 0.1) is 0 Å². The molecule has 0 bridgehead atoms. The zero-order valence-electron chi connectivity index (χ0n) is 34.2. The second-order valence-corrected chi connectivity index (χ2v) is 15.3. The molecule has 1 fully saturated rings. The van der Waals surface area contributed by atoms with Crippen molar-refractivity contribution in [2.45, 2.75) is 55.6 Å². The number of anilines is 1. The molecule has 0 aliphatic carbocycles. The quantitative estimate of drug-likeness (QED) is 0.103. The van der Waals surface area contributed by atoms with E-state index in [0.717, 1.165) is 33.4 Å². The van der Waals surface area contributed by atoms with Gasteiger partial charge in [-0.05, 0) is 39.8 Å². The summed E-state index contributed by atoms with van der Waals surface area (Å²) in [5.74, 6) is -0.129. The number of hydrogen-bond acceptors (Lipinski definition) is 7. The van der Waals surface area contributed by atoms with Gasteiger partial charge in [0, 0.05) is 6.42 Å². The minimum atomic E-state index is -1.77. The van der Waals surface area contributed by atoms with Crippen LogP contribution in [0.25, 0.3) is 11.2 Å². The van der Waals surface area contributed by atoms with E-state index in [4.69, 9.17) is 14.2 Å². The molecule has 0 spiro atoms. The fourth-order valence-corrected chi connectivity index (χ4v) is 8.58. The summed E-state index contributed by atoms with van der Waals surface area (Å²) in [6, 6.07) is 59.8. The van der Waals surface area contributed by atoms with Crippen molar-refractivity contribution < 1.29 is 23.4 Å². The molecule has 310 valence electrons. The Labute approximate surface area is 360 Å². The molecule has 1 aliphatic heterocycles. The van der Waals surface area contributed by atoms with Gasteiger partial charge in [0.25, 0.3) is 0 Å². The SMILES string of the molecule is CCCC(=O)Nc1ncc2ncn([C@@H]3O[C@H](COC(c4ccccc4)(c4ccccc4)c4ccccc4)[C@@H](OC(c4ccccc4)(c4ccccc4)c4ccccc4)[C@H]3F)c2n1. The summed E-state index contributed by atoms with van der Waals surface area (Å²) in [7, 11) is 0. The van der Waals surface area contributed by atoms with E-state index in [1.165, 1.54) is 12.5 Å².